The van der Waals surface area contributed by atoms with Gasteiger partial charge in [0, 0.05) is 31.6 Å². The molecule has 4 aromatic rings. The topological polar surface area (TPSA) is 81.7 Å². The van der Waals surface area contributed by atoms with Crippen LogP contribution in [0.5, 0.6) is 0 Å². The Bertz CT molecular complexity index is 1400. The Hall–Kier alpha value is -2.91. The first-order valence-corrected chi connectivity index (χ1v) is 12.5. The molecule has 0 fully saturated rings. The van der Waals surface area contributed by atoms with Gasteiger partial charge in [-0.1, -0.05) is 59.6 Å². The summed E-state index contributed by atoms with van der Waals surface area (Å²) >= 11 is 15.0. The van der Waals surface area contributed by atoms with Crippen LogP contribution in [0.3, 0.4) is 0 Å². The van der Waals surface area contributed by atoms with Crippen molar-refractivity contribution in [3.05, 3.63) is 74.4 Å². The monoisotopic (exact) mass is 533 g/mol. The summed E-state index contributed by atoms with van der Waals surface area (Å²) in [4.78, 5) is 38.0. The number of halogens is 2. The van der Waals surface area contributed by atoms with Gasteiger partial charge in [-0.2, -0.15) is 0 Å². The Balaban J connectivity index is 1.51. The van der Waals surface area contributed by atoms with Crippen LogP contribution in [-0.4, -0.2) is 31.1 Å². The van der Waals surface area contributed by atoms with Gasteiger partial charge in [0.2, 0.25) is 0 Å². The number of carbonyl (C=O) groups is 3. The number of amides is 1. The molecule has 0 aliphatic carbocycles. The Morgan fingerprint density at radius 1 is 0.941 bits per heavy atom. The molecule has 0 saturated heterocycles. The number of rotatable bonds is 7. The van der Waals surface area contributed by atoms with Crippen molar-refractivity contribution in [3.63, 3.8) is 0 Å². The molecule has 2 aromatic carbocycles. The maximum atomic E-state index is 12.7. The standard InChI is InChI=1S/C24H17Cl2NO5S2/c1-2-31-23(29)19-15(13-7-3-5-9-16(13)25)12-33-22(19)27-18(28)11-32-24(30)21-20(26)14-8-4-6-10-17(14)34-21/h3-10,12H,2,11H2,1H3,(H,27,28). The van der Waals surface area contributed by atoms with E-state index in [0.717, 1.165) is 21.4 Å². The van der Waals surface area contributed by atoms with Gasteiger partial charge in [0.15, 0.2) is 6.61 Å². The van der Waals surface area contributed by atoms with Gasteiger partial charge < -0.3 is 14.8 Å². The Morgan fingerprint density at radius 3 is 2.41 bits per heavy atom. The van der Waals surface area contributed by atoms with Crippen molar-refractivity contribution < 1.29 is 23.9 Å². The number of hydrogen-bond acceptors (Lipinski definition) is 7. The summed E-state index contributed by atoms with van der Waals surface area (Å²) in [6.45, 7) is 1.30. The van der Waals surface area contributed by atoms with E-state index in [2.05, 4.69) is 5.32 Å². The van der Waals surface area contributed by atoms with Gasteiger partial charge in [-0.15, -0.1) is 22.7 Å². The molecule has 2 aromatic heterocycles. The van der Waals surface area contributed by atoms with Crippen LogP contribution in [-0.2, 0) is 14.3 Å². The van der Waals surface area contributed by atoms with Crippen LogP contribution >= 0.6 is 45.9 Å². The third kappa shape index (κ3) is 4.95. The van der Waals surface area contributed by atoms with Crippen LogP contribution in [0.2, 0.25) is 10.0 Å². The predicted molar refractivity (Wildman–Crippen MR) is 136 cm³/mol. The van der Waals surface area contributed by atoms with Crippen LogP contribution in [0.15, 0.2) is 53.9 Å². The zero-order chi connectivity index (χ0) is 24.2. The molecule has 6 nitrogen and oxygen atoms in total. The van der Waals surface area contributed by atoms with E-state index in [1.807, 2.05) is 24.3 Å². The first-order chi connectivity index (χ1) is 16.4. The number of carbonyl (C=O) groups excluding carboxylic acids is 3. The minimum Gasteiger partial charge on any atom is -0.462 e. The molecule has 0 aliphatic rings. The summed E-state index contributed by atoms with van der Waals surface area (Å²) in [5.74, 6) is -1.90. The van der Waals surface area contributed by atoms with Crippen molar-refractivity contribution in [2.75, 3.05) is 18.5 Å². The molecule has 0 radical (unpaired) electrons. The third-order valence-electron chi connectivity index (χ3n) is 4.74. The van der Waals surface area contributed by atoms with Crippen molar-refractivity contribution in [2.45, 2.75) is 6.92 Å². The number of nitrogens with one attached hydrogen (secondary N) is 1. The molecule has 4 rings (SSSR count). The number of fused-ring (bicyclic) bond motifs is 1. The Kier molecular flexibility index (Phi) is 7.53. The fourth-order valence-electron chi connectivity index (χ4n) is 3.24. The minimum atomic E-state index is -0.699. The molecular formula is C24H17Cl2NO5S2. The summed E-state index contributed by atoms with van der Waals surface area (Å²) in [5, 5.41) is 6.12. The van der Waals surface area contributed by atoms with Gasteiger partial charge in [-0.3, -0.25) is 4.79 Å². The van der Waals surface area contributed by atoms with E-state index in [0.29, 0.717) is 21.2 Å². The molecule has 1 amide bonds. The Morgan fingerprint density at radius 2 is 1.68 bits per heavy atom. The van der Waals surface area contributed by atoms with Crippen LogP contribution in [0.1, 0.15) is 27.0 Å². The van der Waals surface area contributed by atoms with E-state index < -0.39 is 24.5 Å². The van der Waals surface area contributed by atoms with Gasteiger partial charge in [0.05, 0.1) is 11.6 Å². The maximum Gasteiger partial charge on any atom is 0.350 e. The van der Waals surface area contributed by atoms with Gasteiger partial charge in [0.25, 0.3) is 5.91 Å². The molecule has 1 N–H and O–H groups in total. The molecule has 2 heterocycles. The van der Waals surface area contributed by atoms with Crippen molar-refractivity contribution in [2.24, 2.45) is 0 Å². The first kappa shape index (κ1) is 24.2. The average molecular weight is 534 g/mol. The van der Waals surface area contributed by atoms with Crippen molar-refractivity contribution in [3.8, 4) is 11.1 Å². The summed E-state index contributed by atoms with van der Waals surface area (Å²) < 4.78 is 11.2. The summed E-state index contributed by atoms with van der Waals surface area (Å²) in [7, 11) is 0. The molecule has 0 atom stereocenters. The van der Waals surface area contributed by atoms with Crippen molar-refractivity contribution in [1.29, 1.82) is 0 Å². The van der Waals surface area contributed by atoms with Crippen LogP contribution in [0.4, 0.5) is 5.00 Å². The molecule has 34 heavy (non-hydrogen) atoms. The lowest BCUT2D eigenvalue weighted by Crippen LogP contribution is -2.21. The van der Waals surface area contributed by atoms with Gasteiger partial charge in [-0.25, -0.2) is 9.59 Å². The van der Waals surface area contributed by atoms with E-state index >= 15 is 0 Å². The molecule has 0 saturated carbocycles. The van der Waals surface area contributed by atoms with Gasteiger partial charge in [-0.05, 0) is 19.1 Å². The lowest BCUT2D eigenvalue weighted by molar-refractivity contribution is -0.119. The normalized spacial score (nSPS) is 10.8. The van der Waals surface area contributed by atoms with E-state index in [1.54, 1.807) is 36.6 Å². The van der Waals surface area contributed by atoms with E-state index in [1.165, 1.54) is 11.3 Å². The molecule has 10 heteroatoms. The highest BCUT2D eigenvalue weighted by atomic mass is 35.5. The highest BCUT2D eigenvalue weighted by Gasteiger charge is 2.25. The molecule has 0 unspecified atom stereocenters. The third-order valence-corrected chi connectivity index (χ3v) is 7.62. The second-order valence-electron chi connectivity index (χ2n) is 6.92. The lowest BCUT2D eigenvalue weighted by Gasteiger charge is -2.10. The molecule has 0 spiro atoms. The van der Waals surface area contributed by atoms with Gasteiger partial charge in [0.1, 0.15) is 15.4 Å². The first-order valence-electron chi connectivity index (χ1n) is 10.1. The lowest BCUT2D eigenvalue weighted by atomic mass is 10.0. The second-order valence-corrected chi connectivity index (χ2v) is 9.64. The van der Waals surface area contributed by atoms with Crippen LogP contribution < -0.4 is 5.32 Å². The van der Waals surface area contributed by atoms with Crippen LogP contribution in [0, 0.1) is 0 Å². The Labute approximate surface area is 213 Å². The maximum absolute atomic E-state index is 12.7. The number of esters is 2. The number of benzene rings is 2. The largest absolute Gasteiger partial charge is 0.462 e. The molecule has 174 valence electrons. The van der Waals surface area contributed by atoms with Crippen molar-refractivity contribution >= 4 is 78.8 Å². The summed E-state index contributed by atoms with van der Waals surface area (Å²) in [6.07, 6.45) is 0. The van der Waals surface area contributed by atoms with Gasteiger partial charge >= 0.3 is 11.9 Å². The number of hydrogen-bond donors (Lipinski definition) is 1. The fraction of sp³-hybridized carbons (Fsp3) is 0.125. The SMILES string of the molecule is CCOC(=O)c1c(-c2ccccc2Cl)csc1NC(=O)COC(=O)c1sc2ccccc2c1Cl. The van der Waals surface area contributed by atoms with Crippen molar-refractivity contribution in [1.82, 2.24) is 0 Å². The van der Waals surface area contributed by atoms with Crippen LogP contribution in [0.25, 0.3) is 21.2 Å². The van der Waals surface area contributed by atoms with E-state index in [-0.39, 0.29) is 22.0 Å². The quantitative estimate of drug-likeness (QED) is 0.261. The zero-order valence-electron chi connectivity index (χ0n) is 17.7. The second kappa shape index (κ2) is 10.6. The zero-order valence-corrected chi connectivity index (χ0v) is 20.9. The van der Waals surface area contributed by atoms with E-state index in [4.69, 9.17) is 32.7 Å². The smallest absolute Gasteiger partial charge is 0.350 e. The number of anilines is 1. The average Bonchev–Trinajstić information content (AvgIpc) is 3.39. The predicted octanol–water partition coefficient (Wildman–Crippen LogP) is 6.91. The minimum absolute atomic E-state index is 0.164. The van der Waals surface area contributed by atoms with E-state index in [9.17, 15) is 14.4 Å². The molecule has 0 aliphatic heterocycles. The molecular weight excluding hydrogens is 517 g/mol. The highest BCUT2D eigenvalue weighted by molar-refractivity contribution is 7.21. The molecule has 0 bridgehead atoms. The highest BCUT2D eigenvalue weighted by Crippen LogP contribution is 2.39. The fourth-order valence-corrected chi connectivity index (χ4v) is 5.84. The number of ether oxygens (including phenoxy) is 2. The summed E-state index contributed by atoms with van der Waals surface area (Å²) in [6, 6.07) is 14.4. The summed E-state index contributed by atoms with van der Waals surface area (Å²) in [5.41, 5.74) is 1.36. The number of thiophene rings is 2.